The summed E-state index contributed by atoms with van der Waals surface area (Å²) in [6, 6.07) is 10.4. The van der Waals surface area contributed by atoms with Gasteiger partial charge in [-0.2, -0.15) is 0 Å². The first kappa shape index (κ1) is 24.4. The van der Waals surface area contributed by atoms with Crippen LogP contribution in [0.1, 0.15) is 41.6 Å². The van der Waals surface area contributed by atoms with Crippen molar-refractivity contribution in [1.82, 2.24) is 14.5 Å². The molecule has 0 radical (unpaired) electrons. The minimum atomic E-state index is -1.67. The lowest BCUT2D eigenvalue weighted by Gasteiger charge is -2.35. The highest BCUT2D eigenvalue weighted by Crippen LogP contribution is 2.54. The number of halogens is 3. The van der Waals surface area contributed by atoms with Crippen molar-refractivity contribution in [2.75, 3.05) is 17.3 Å². The molecule has 2 amide bonds. The molecule has 1 N–H and O–H groups in total. The quantitative estimate of drug-likeness (QED) is 0.344. The third-order valence-corrected chi connectivity index (χ3v) is 7.39. The summed E-state index contributed by atoms with van der Waals surface area (Å²) in [7, 11) is 1.53. The van der Waals surface area contributed by atoms with E-state index in [2.05, 4.69) is 10.3 Å². The number of methoxy groups -OCH3 is 1. The zero-order valence-corrected chi connectivity index (χ0v) is 21.9. The molecule has 1 spiro atoms. The largest absolute Gasteiger partial charge is 0.496 e. The van der Waals surface area contributed by atoms with Crippen molar-refractivity contribution in [3.05, 3.63) is 87.7 Å². The second kappa shape index (κ2) is 8.54. The number of hydrogen-bond donors (Lipinski definition) is 1. The van der Waals surface area contributed by atoms with E-state index in [1.165, 1.54) is 24.1 Å². The number of rotatable bonds is 4. The summed E-state index contributed by atoms with van der Waals surface area (Å²) in [6.07, 6.45) is 3.20. The van der Waals surface area contributed by atoms with Gasteiger partial charge < -0.3 is 14.6 Å². The molecule has 0 unspecified atom stereocenters. The summed E-state index contributed by atoms with van der Waals surface area (Å²) >= 11 is 12.4. The van der Waals surface area contributed by atoms with Crippen LogP contribution in [0.3, 0.4) is 0 Å². The molecule has 4 aromatic rings. The van der Waals surface area contributed by atoms with Gasteiger partial charge in [0.15, 0.2) is 11.2 Å². The molecule has 0 saturated heterocycles. The molecule has 1 atom stereocenters. The van der Waals surface area contributed by atoms with Crippen molar-refractivity contribution in [3.8, 4) is 17.1 Å². The average molecular weight is 552 g/mol. The van der Waals surface area contributed by atoms with Gasteiger partial charge >= 0.3 is 0 Å². The number of fused-ring (bicyclic) bond motifs is 4. The molecular formula is C27H20Cl2FN5O3. The fourth-order valence-corrected chi connectivity index (χ4v) is 5.72. The zero-order valence-electron chi connectivity index (χ0n) is 20.4. The molecule has 2 aromatic heterocycles. The van der Waals surface area contributed by atoms with E-state index in [1.54, 1.807) is 36.7 Å². The average Bonchev–Trinajstić information content (AvgIpc) is 3.49. The van der Waals surface area contributed by atoms with Crippen LogP contribution in [0.4, 0.5) is 15.8 Å². The standard InChI is InChI=1S/C27H20Cl2FN5O3/c1-13(2)34-23-22(33-24(34)16-12-31-9-8-21(16)38-3)25(36)35(15-5-7-19(30)18(29)11-15)27(23)17-6-4-14(28)10-20(17)32-26(27)37/h4-13H,1-3H3,(H,32,37)/t27-/m0/s1. The highest BCUT2D eigenvalue weighted by molar-refractivity contribution is 6.32. The van der Waals surface area contributed by atoms with Crippen LogP contribution in [-0.4, -0.2) is 33.5 Å². The van der Waals surface area contributed by atoms with Gasteiger partial charge in [-0.25, -0.2) is 9.37 Å². The number of pyridine rings is 1. The Bertz CT molecular complexity index is 1670. The number of amides is 2. The predicted molar refractivity (Wildman–Crippen MR) is 141 cm³/mol. The van der Waals surface area contributed by atoms with Crippen LogP contribution < -0.4 is 15.0 Å². The first-order valence-electron chi connectivity index (χ1n) is 11.7. The molecule has 2 aromatic carbocycles. The Morgan fingerprint density at radius 1 is 1.11 bits per heavy atom. The fourth-order valence-electron chi connectivity index (χ4n) is 5.37. The highest BCUT2D eigenvalue weighted by Gasteiger charge is 2.64. The molecule has 0 fully saturated rings. The highest BCUT2D eigenvalue weighted by atomic mass is 35.5. The molecule has 4 heterocycles. The van der Waals surface area contributed by atoms with E-state index < -0.39 is 23.2 Å². The van der Waals surface area contributed by atoms with Gasteiger partial charge in [-0.15, -0.1) is 0 Å². The molecule has 11 heteroatoms. The van der Waals surface area contributed by atoms with E-state index in [0.29, 0.717) is 39.1 Å². The Kier molecular flexibility index (Phi) is 5.48. The van der Waals surface area contributed by atoms with E-state index >= 15 is 0 Å². The van der Waals surface area contributed by atoms with Crippen LogP contribution >= 0.6 is 23.2 Å². The van der Waals surface area contributed by atoms with Crippen molar-refractivity contribution in [1.29, 1.82) is 0 Å². The lowest BCUT2D eigenvalue weighted by Crippen LogP contribution is -2.51. The monoisotopic (exact) mass is 551 g/mol. The molecule has 0 aliphatic carbocycles. The van der Waals surface area contributed by atoms with Crippen LogP contribution in [0.15, 0.2) is 54.9 Å². The molecule has 192 valence electrons. The zero-order chi connectivity index (χ0) is 26.9. The smallest absolute Gasteiger partial charge is 0.280 e. The number of nitrogens with one attached hydrogen (secondary N) is 1. The first-order chi connectivity index (χ1) is 18.2. The molecule has 6 rings (SSSR count). The summed E-state index contributed by atoms with van der Waals surface area (Å²) < 4.78 is 21.5. The predicted octanol–water partition coefficient (Wildman–Crippen LogP) is 5.84. The number of aromatic nitrogens is 3. The Balaban J connectivity index is 1.73. The summed E-state index contributed by atoms with van der Waals surface area (Å²) in [4.78, 5) is 38.7. The van der Waals surface area contributed by atoms with E-state index in [0.717, 1.165) is 6.07 Å². The van der Waals surface area contributed by atoms with E-state index in [1.807, 2.05) is 18.4 Å². The van der Waals surface area contributed by atoms with Crippen LogP contribution in [0.25, 0.3) is 11.4 Å². The van der Waals surface area contributed by atoms with Crippen molar-refractivity contribution in [2.24, 2.45) is 0 Å². The second-order valence-electron chi connectivity index (χ2n) is 9.27. The SMILES string of the molecule is COc1ccncc1-c1nc2c(n1C(C)C)[C@@]1(C(=O)Nc3cc(Cl)ccc31)N(c1ccc(F)c(Cl)c1)C2=O. The van der Waals surface area contributed by atoms with Crippen molar-refractivity contribution >= 4 is 46.4 Å². The summed E-state index contributed by atoms with van der Waals surface area (Å²) in [5, 5.41) is 3.13. The lowest BCUT2D eigenvalue weighted by atomic mass is 9.87. The molecule has 38 heavy (non-hydrogen) atoms. The molecule has 2 aliphatic rings. The molecule has 0 saturated carbocycles. The third kappa shape index (κ3) is 3.15. The van der Waals surface area contributed by atoms with Gasteiger partial charge in [-0.1, -0.05) is 29.3 Å². The number of imidazole rings is 1. The van der Waals surface area contributed by atoms with Crippen molar-refractivity contribution in [3.63, 3.8) is 0 Å². The number of ether oxygens (including phenoxy) is 1. The Hall–Kier alpha value is -3.95. The Labute approximate surface area is 227 Å². The van der Waals surface area contributed by atoms with Gasteiger partial charge in [-0.05, 0) is 50.2 Å². The maximum Gasteiger partial charge on any atom is 0.280 e. The molecule has 2 aliphatic heterocycles. The van der Waals surface area contributed by atoms with Crippen molar-refractivity contribution in [2.45, 2.75) is 25.4 Å². The van der Waals surface area contributed by atoms with Crippen LogP contribution in [0.2, 0.25) is 10.0 Å². The molecular weight excluding hydrogens is 532 g/mol. The summed E-state index contributed by atoms with van der Waals surface area (Å²) in [6.45, 7) is 3.86. The topological polar surface area (TPSA) is 89.3 Å². The third-order valence-electron chi connectivity index (χ3n) is 6.86. The minimum absolute atomic E-state index is 0.0815. The second-order valence-corrected chi connectivity index (χ2v) is 10.1. The first-order valence-corrected chi connectivity index (χ1v) is 12.5. The van der Waals surface area contributed by atoms with E-state index in [-0.39, 0.29) is 22.4 Å². The Morgan fingerprint density at radius 2 is 1.89 bits per heavy atom. The Morgan fingerprint density at radius 3 is 2.61 bits per heavy atom. The maximum atomic E-state index is 14.2. The van der Waals surface area contributed by atoms with Crippen LogP contribution in [0.5, 0.6) is 5.75 Å². The normalized spacial score (nSPS) is 17.8. The van der Waals surface area contributed by atoms with Gasteiger partial charge in [0.25, 0.3) is 11.8 Å². The number of carbonyl (C=O) groups excluding carboxylic acids is 2. The molecule has 0 bridgehead atoms. The number of hydrogen-bond acceptors (Lipinski definition) is 5. The lowest BCUT2D eigenvalue weighted by molar-refractivity contribution is -0.119. The number of anilines is 2. The number of nitrogens with zero attached hydrogens (tertiary/aromatic N) is 4. The maximum absolute atomic E-state index is 14.2. The van der Waals surface area contributed by atoms with Gasteiger partial charge in [-0.3, -0.25) is 19.5 Å². The number of benzene rings is 2. The summed E-state index contributed by atoms with van der Waals surface area (Å²) in [5.74, 6) is -0.725. The van der Waals surface area contributed by atoms with E-state index in [9.17, 15) is 14.0 Å². The minimum Gasteiger partial charge on any atom is -0.496 e. The van der Waals surface area contributed by atoms with E-state index in [4.69, 9.17) is 32.9 Å². The summed E-state index contributed by atoms with van der Waals surface area (Å²) in [5.41, 5.74) is 0.554. The van der Waals surface area contributed by atoms with Gasteiger partial charge in [0, 0.05) is 40.4 Å². The fraction of sp³-hybridized carbons (Fsp3) is 0.185. The van der Waals surface area contributed by atoms with Crippen LogP contribution in [-0.2, 0) is 10.3 Å². The van der Waals surface area contributed by atoms with Gasteiger partial charge in [0.2, 0.25) is 0 Å². The van der Waals surface area contributed by atoms with Gasteiger partial charge in [0.05, 0.1) is 23.4 Å². The van der Waals surface area contributed by atoms with Gasteiger partial charge in [0.1, 0.15) is 17.4 Å². The van der Waals surface area contributed by atoms with Crippen LogP contribution in [0, 0.1) is 5.82 Å². The number of carbonyl (C=O) groups is 2. The molecule has 8 nitrogen and oxygen atoms in total. The van der Waals surface area contributed by atoms with Crippen molar-refractivity contribution < 1.29 is 18.7 Å².